The molecule has 5 nitrogen and oxygen atoms in total. The average Bonchev–Trinajstić information content (AvgIpc) is 2.62. The van der Waals surface area contributed by atoms with Crippen LogP contribution in [0.5, 0.6) is 11.5 Å². The number of nitrogens with two attached hydrogens (primary N) is 1. The number of aliphatic imine (C=N–C) groups is 1. The quantitative estimate of drug-likeness (QED) is 0.354. The molecule has 0 saturated heterocycles. The van der Waals surface area contributed by atoms with Gasteiger partial charge in [-0.05, 0) is 24.3 Å². The molecule has 9 heteroatoms. The Labute approximate surface area is 177 Å². The Kier molecular flexibility index (Phi) is 7.91. The highest BCUT2D eigenvalue weighted by Gasteiger charge is 2.21. The summed E-state index contributed by atoms with van der Waals surface area (Å²) in [6.07, 6.45) is 0.740. The van der Waals surface area contributed by atoms with Crippen molar-refractivity contribution >= 4 is 41.5 Å². The highest BCUT2D eigenvalue weighted by Crippen LogP contribution is 2.31. The van der Waals surface area contributed by atoms with E-state index < -0.39 is 6.61 Å². The van der Waals surface area contributed by atoms with Crippen LogP contribution in [0.2, 0.25) is 5.02 Å². The SMILES string of the molecule is I.NC(=NCc1cc(Cl)ccc1OC(F)F)NC1CCOc2ccccc21. The summed E-state index contributed by atoms with van der Waals surface area (Å²) in [4.78, 5) is 4.23. The molecule has 0 fully saturated rings. The van der Waals surface area contributed by atoms with Gasteiger partial charge in [0.15, 0.2) is 5.96 Å². The zero-order chi connectivity index (χ0) is 18.5. The van der Waals surface area contributed by atoms with E-state index >= 15 is 0 Å². The van der Waals surface area contributed by atoms with E-state index in [1.165, 1.54) is 18.2 Å². The van der Waals surface area contributed by atoms with Crippen LogP contribution in [-0.4, -0.2) is 19.2 Å². The molecule has 1 atom stereocenters. The molecule has 1 heterocycles. The zero-order valence-corrected chi connectivity index (χ0v) is 17.3. The van der Waals surface area contributed by atoms with Gasteiger partial charge in [0.05, 0.1) is 19.2 Å². The lowest BCUT2D eigenvalue weighted by molar-refractivity contribution is -0.0504. The van der Waals surface area contributed by atoms with E-state index in [0.29, 0.717) is 17.2 Å². The summed E-state index contributed by atoms with van der Waals surface area (Å²) in [6, 6.07) is 12.1. The van der Waals surface area contributed by atoms with Gasteiger partial charge in [0, 0.05) is 22.6 Å². The summed E-state index contributed by atoms with van der Waals surface area (Å²) >= 11 is 5.93. The highest BCUT2D eigenvalue weighted by molar-refractivity contribution is 14.0. The first-order valence-corrected chi connectivity index (χ1v) is 8.42. The molecule has 1 aliphatic rings. The molecule has 0 amide bonds. The monoisotopic (exact) mass is 509 g/mol. The van der Waals surface area contributed by atoms with Gasteiger partial charge >= 0.3 is 6.61 Å². The standard InChI is InChI=1S/C18H18ClF2N3O2.HI/c19-12-5-6-15(26-17(20)21)11(9-12)10-23-18(22)24-14-7-8-25-16-4-2-1-3-13(14)16;/h1-6,9,14,17H,7-8,10H2,(H3,22,23,24);1H. The highest BCUT2D eigenvalue weighted by atomic mass is 127. The molecule has 0 spiro atoms. The molecule has 0 aliphatic carbocycles. The first-order valence-electron chi connectivity index (χ1n) is 8.04. The number of para-hydroxylation sites is 1. The fourth-order valence-electron chi connectivity index (χ4n) is 2.77. The molecule has 2 aromatic rings. The number of hydrogen-bond acceptors (Lipinski definition) is 3. The maximum Gasteiger partial charge on any atom is 0.387 e. The van der Waals surface area contributed by atoms with Crippen LogP contribution in [0.3, 0.4) is 0 Å². The molecular formula is C18H19ClF2IN3O2. The molecule has 1 aliphatic heterocycles. The molecule has 0 aromatic heterocycles. The fraction of sp³-hybridized carbons (Fsp3) is 0.278. The smallest absolute Gasteiger partial charge is 0.387 e. The summed E-state index contributed by atoms with van der Waals surface area (Å²) in [6.45, 7) is -2.29. The Balaban J connectivity index is 0.00000261. The van der Waals surface area contributed by atoms with E-state index in [1.807, 2.05) is 24.3 Å². The van der Waals surface area contributed by atoms with Crippen LogP contribution in [-0.2, 0) is 6.54 Å². The Morgan fingerprint density at radius 1 is 1.33 bits per heavy atom. The number of hydrogen-bond donors (Lipinski definition) is 2. The van der Waals surface area contributed by atoms with Gasteiger partial charge in [-0.15, -0.1) is 24.0 Å². The van der Waals surface area contributed by atoms with Crippen molar-refractivity contribution in [3.8, 4) is 11.5 Å². The van der Waals surface area contributed by atoms with Crippen molar-refractivity contribution in [1.82, 2.24) is 5.32 Å². The van der Waals surface area contributed by atoms with Crippen LogP contribution in [0.4, 0.5) is 8.78 Å². The third-order valence-electron chi connectivity index (χ3n) is 3.94. The number of rotatable bonds is 5. The van der Waals surface area contributed by atoms with E-state index in [2.05, 4.69) is 15.0 Å². The summed E-state index contributed by atoms with van der Waals surface area (Å²) in [5.74, 6) is 1.04. The molecule has 2 aromatic carbocycles. The van der Waals surface area contributed by atoms with Gasteiger partial charge in [-0.2, -0.15) is 8.78 Å². The third-order valence-corrected chi connectivity index (χ3v) is 4.17. The molecule has 3 rings (SSSR count). The van der Waals surface area contributed by atoms with Gasteiger partial charge in [-0.3, -0.25) is 0 Å². The van der Waals surface area contributed by atoms with Gasteiger partial charge in [0.2, 0.25) is 0 Å². The molecule has 146 valence electrons. The summed E-state index contributed by atoms with van der Waals surface area (Å²) in [5, 5.41) is 3.55. The second-order valence-corrected chi connectivity index (χ2v) is 6.14. The lowest BCUT2D eigenvalue weighted by Gasteiger charge is -2.27. The van der Waals surface area contributed by atoms with E-state index in [1.54, 1.807) is 0 Å². The van der Waals surface area contributed by atoms with Crippen LogP contribution < -0.4 is 20.5 Å². The van der Waals surface area contributed by atoms with Gasteiger partial charge in [0.1, 0.15) is 11.5 Å². The van der Waals surface area contributed by atoms with E-state index in [4.69, 9.17) is 22.1 Å². The van der Waals surface area contributed by atoms with Gasteiger partial charge in [-0.25, -0.2) is 4.99 Å². The van der Waals surface area contributed by atoms with Crippen molar-refractivity contribution < 1.29 is 18.3 Å². The van der Waals surface area contributed by atoms with Gasteiger partial charge < -0.3 is 20.5 Å². The molecule has 27 heavy (non-hydrogen) atoms. The second kappa shape index (κ2) is 9.93. The number of fused-ring (bicyclic) bond motifs is 1. The lowest BCUT2D eigenvalue weighted by atomic mass is 10.0. The van der Waals surface area contributed by atoms with Crippen molar-refractivity contribution in [3.05, 3.63) is 58.6 Å². The number of benzene rings is 2. The second-order valence-electron chi connectivity index (χ2n) is 5.70. The first-order chi connectivity index (χ1) is 12.5. The lowest BCUT2D eigenvalue weighted by Crippen LogP contribution is -2.37. The molecule has 0 radical (unpaired) electrons. The number of ether oxygens (including phenoxy) is 2. The predicted molar refractivity (Wildman–Crippen MR) is 111 cm³/mol. The molecular weight excluding hydrogens is 491 g/mol. The van der Waals surface area contributed by atoms with E-state index in [0.717, 1.165) is 17.7 Å². The van der Waals surface area contributed by atoms with Gasteiger partial charge in [-0.1, -0.05) is 29.8 Å². The van der Waals surface area contributed by atoms with E-state index in [9.17, 15) is 8.78 Å². The number of halogens is 4. The number of nitrogens with one attached hydrogen (secondary N) is 1. The number of nitrogens with zero attached hydrogens (tertiary/aromatic N) is 1. The topological polar surface area (TPSA) is 68.9 Å². The first kappa shape index (κ1) is 21.5. The molecule has 1 unspecified atom stereocenters. The Morgan fingerprint density at radius 2 is 2.11 bits per heavy atom. The normalized spacial score (nSPS) is 16.1. The Morgan fingerprint density at radius 3 is 2.89 bits per heavy atom. The van der Waals surface area contributed by atoms with Crippen molar-refractivity contribution in [2.45, 2.75) is 25.6 Å². The third kappa shape index (κ3) is 5.83. The van der Waals surface area contributed by atoms with Crippen molar-refractivity contribution in [2.24, 2.45) is 10.7 Å². The molecule has 3 N–H and O–H groups in total. The van der Waals surface area contributed by atoms with Crippen LogP contribution in [0.1, 0.15) is 23.6 Å². The minimum atomic E-state index is -2.92. The predicted octanol–water partition coefficient (Wildman–Crippen LogP) is 4.49. The van der Waals surface area contributed by atoms with Gasteiger partial charge in [0.25, 0.3) is 0 Å². The summed E-state index contributed by atoms with van der Waals surface area (Å²) in [5.41, 5.74) is 7.40. The molecule has 0 bridgehead atoms. The Bertz CT molecular complexity index is 808. The maximum atomic E-state index is 12.5. The summed E-state index contributed by atoms with van der Waals surface area (Å²) in [7, 11) is 0. The van der Waals surface area contributed by atoms with Crippen LogP contribution >= 0.6 is 35.6 Å². The minimum Gasteiger partial charge on any atom is -0.493 e. The van der Waals surface area contributed by atoms with Crippen LogP contribution in [0, 0.1) is 0 Å². The number of alkyl halides is 2. The fourth-order valence-corrected chi connectivity index (χ4v) is 2.96. The van der Waals surface area contributed by atoms with Crippen molar-refractivity contribution in [3.63, 3.8) is 0 Å². The largest absolute Gasteiger partial charge is 0.493 e. The average molecular weight is 510 g/mol. The van der Waals surface area contributed by atoms with Crippen molar-refractivity contribution in [2.75, 3.05) is 6.61 Å². The molecule has 0 saturated carbocycles. The van der Waals surface area contributed by atoms with Crippen LogP contribution in [0.15, 0.2) is 47.5 Å². The minimum absolute atomic E-state index is 0. The van der Waals surface area contributed by atoms with Crippen molar-refractivity contribution in [1.29, 1.82) is 0 Å². The maximum absolute atomic E-state index is 12.5. The zero-order valence-electron chi connectivity index (χ0n) is 14.2. The van der Waals surface area contributed by atoms with Crippen LogP contribution in [0.25, 0.3) is 0 Å². The van der Waals surface area contributed by atoms with E-state index in [-0.39, 0.29) is 48.3 Å². The number of guanidine groups is 1. The summed E-state index contributed by atoms with van der Waals surface area (Å²) < 4.78 is 35.1. The Hall–Kier alpha value is -1.81.